The van der Waals surface area contributed by atoms with Crippen molar-refractivity contribution in [1.29, 1.82) is 0 Å². The van der Waals surface area contributed by atoms with Crippen LogP contribution in [-0.2, 0) is 18.9 Å². The number of hydrogen-bond acceptors (Lipinski definition) is 4. The largest absolute Gasteiger partial charge is 0.351 e. The molecule has 23 heavy (non-hydrogen) atoms. The molecule has 0 aromatic rings. The summed E-state index contributed by atoms with van der Waals surface area (Å²) in [5, 5.41) is 0. The maximum Gasteiger partial charge on any atom is 0.163 e. The lowest BCUT2D eigenvalue weighted by atomic mass is 9.68. The van der Waals surface area contributed by atoms with Crippen LogP contribution in [0.5, 0.6) is 0 Å². The first kappa shape index (κ1) is 19.2. The van der Waals surface area contributed by atoms with Crippen molar-refractivity contribution >= 4 is 7.85 Å². The Morgan fingerprint density at radius 1 is 0.783 bits per heavy atom. The molecule has 0 N–H and O–H groups in total. The van der Waals surface area contributed by atoms with E-state index in [0.29, 0.717) is 32.7 Å². The van der Waals surface area contributed by atoms with Gasteiger partial charge < -0.3 is 18.9 Å². The molecule has 0 aliphatic carbocycles. The van der Waals surface area contributed by atoms with E-state index < -0.39 is 0 Å². The quantitative estimate of drug-likeness (QED) is 0.746. The van der Waals surface area contributed by atoms with Crippen LogP contribution < -0.4 is 0 Å². The highest BCUT2D eigenvalue weighted by Gasteiger charge is 2.49. The second kappa shape index (κ2) is 6.32. The van der Waals surface area contributed by atoms with Crippen molar-refractivity contribution in [2.75, 3.05) is 26.4 Å². The fourth-order valence-electron chi connectivity index (χ4n) is 2.67. The molecule has 0 unspecified atom stereocenters. The molecular weight excluding hydrogens is 291 g/mol. The van der Waals surface area contributed by atoms with Gasteiger partial charge in [0.15, 0.2) is 12.6 Å². The zero-order chi connectivity index (χ0) is 17.5. The molecule has 2 radical (unpaired) electrons. The lowest BCUT2D eigenvalue weighted by molar-refractivity contribution is -0.339. The summed E-state index contributed by atoms with van der Waals surface area (Å²) in [6.45, 7) is 17.6. The topological polar surface area (TPSA) is 36.9 Å². The third-order valence-electron chi connectivity index (χ3n) is 5.85. The molecule has 2 saturated heterocycles. The zero-order valence-corrected chi connectivity index (χ0v) is 15.9. The molecule has 2 aliphatic heterocycles. The lowest BCUT2D eigenvalue weighted by Gasteiger charge is -2.51. The van der Waals surface area contributed by atoms with E-state index in [4.69, 9.17) is 26.8 Å². The number of hydrogen-bond donors (Lipinski definition) is 0. The van der Waals surface area contributed by atoms with Crippen molar-refractivity contribution in [2.45, 2.75) is 67.4 Å². The lowest BCUT2D eigenvalue weighted by Crippen LogP contribution is -2.57. The van der Waals surface area contributed by atoms with Crippen LogP contribution in [0, 0.1) is 21.7 Å². The van der Waals surface area contributed by atoms with Gasteiger partial charge in [0, 0.05) is 10.8 Å². The predicted octanol–water partition coefficient (Wildman–Crippen LogP) is 3.40. The van der Waals surface area contributed by atoms with Crippen molar-refractivity contribution in [3.8, 4) is 0 Å². The Morgan fingerprint density at radius 2 is 1.17 bits per heavy atom. The third kappa shape index (κ3) is 3.78. The summed E-state index contributed by atoms with van der Waals surface area (Å²) >= 11 is 0. The summed E-state index contributed by atoms with van der Waals surface area (Å²) in [5.41, 5.74) is -0.368. The van der Waals surface area contributed by atoms with Gasteiger partial charge in [0.2, 0.25) is 0 Å². The van der Waals surface area contributed by atoms with Crippen molar-refractivity contribution in [1.82, 2.24) is 0 Å². The average Bonchev–Trinajstić information content (AvgIpc) is 2.47. The normalized spacial score (nSPS) is 33.9. The van der Waals surface area contributed by atoms with Crippen molar-refractivity contribution in [3.05, 3.63) is 0 Å². The fourth-order valence-corrected chi connectivity index (χ4v) is 2.67. The molecular formula is C18H33BO4. The summed E-state index contributed by atoms with van der Waals surface area (Å²) in [4.78, 5) is 0. The first-order chi connectivity index (χ1) is 10.4. The van der Waals surface area contributed by atoms with E-state index in [9.17, 15) is 0 Å². The van der Waals surface area contributed by atoms with E-state index >= 15 is 0 Å². The van der Waals surface area contributed by atoms with E-state index in [2.05, 4.69) is 48.5 Å². The van der Waals surface area contributed by atoms with Crippen LogP contribution in [0.25, 0.3) is 0 Å². The Labute approximate surface area is 143 Å². The second-order valence-electron chi connectivity index (χ2n) is 9.57. The smallest absolute Gasteiger partial charge is 0.163 e. The molecule has 2 rings (SSSR count). The molecule has 0 aromatic carbocycles. The van der Waals surface area contributed by atoms with Gasteiger partial charge in [-0.25, -0.2) is 0 Å². The minimum absolute atomic E-state index is 0.0743. The first-order valence-corrected chi connectivity index (χ1v) is 8.60. The summed E-state index contributed by atoms with van der Waals surface area (Å²) < 4.78 is 24.1. The molecule has 5 heteroatoms. The highest BCUT2D eigenvalue weighted by molar-refractivity contribution is 6.08. The van der Waals surface area contributed by atoms with Crippen LogP contribution in [-0.4, -0.2) is 46.9 Å². The molecule has 132 valence electrons. The van der Waals surface area contributed by atoms with Gasteiger partial charge in [0.1, 0.15) is 0 Å². The molecule has 0 atom stereocenters. The maximum atomic E-state index is 6.10. The van der Waals surface area contributed by atoms with E-state index in [-0.39, 0.29) is 34.2 Å². The van der Waals surface area contributed by atoms with Crippen molar-refractivity contribution in [2.24, 2.45) is 21.7 Å². The van der Waals surface area contributed by atoms with Crippen LogP contribution in [0.1, 0.15) is 48.5 Å². The maximum absolute atomic E-state index is 6.10. The van der Waals surface area contributed by atoms with Gasteiger partial charge in [-0.3, -0.25) is 0 Å². The Bertz CT molecular complexity index is 396. The molecule has 2 heterocycles. The van der Waals surface area contributed by atoms with Crippen LogP contribution >= 0.6 is 0 Å². The van der Waals surface area contributed by atoms with E-state index in [1.54, 1.807) is 0 Å². The molecule has 2 aliphatic rings. The van der Waals surface area contributed by atoms with Crippen LogP contribution in [0.2, 0.25) is 6.32 Å². The Hall–Kier alpha value is -0.0951. The highest BCUT2D eigenvalue weighted by atomic mass is 16.7. The number of rotatable bonds is 3. The molecule has 0 saturated carbocycles. The first-order valence-electron chi connectivity index (χ1n) is 8.60. The Kier molecular flexibility index (Phi) is 5.29. The van der Waals surface area contributed by atoms with E-state index in [1.165, 1.54) is 0 Å². The summed E-state index contributed by atoms with van der Waals surface area (Å²) in [7, 11) is 5.80. The number of ether oxygens (including phenoxy) is 4. The summed E-state index contributed by atoms with van der Waals surface area (Å²) in [5.74, 6) is 0. The molecule has 0 amide bonds. The van der Waals surface area contributed by atoms with Gasteiger partial charge in [-0.05, 0) is 5.41 Å². The van der Waals surface area contributed by atoms with Crippen LogP contribution in [0.3, 0.4) is 0 Å². The highest BCUT2D eigenvalue weighted by Crippen LogP contribution is 2.45. The minimum atomic E-state index is -0.262. The molecule has 4 nitrogen and oxygen atoms in total. The van der Waals surface area contributed by atoms with Gasteiger partial charge in [0.05, 0.1) is 39.7 Å². The van der Waals surface area contributed by atoms with Gasteiger partial charge in [-0.15, -0.1) is 0 Å². The summed E-state index contributed by atoms with van der Waals surface area (Å²) in [6.07, 6.45) is 0.0627. The van der Waals surface area contributed by atoms with E-state index in [0.717, 1.165) is 0 Å². The molecule has 2 fully saturated rings. The SMILES string of the molecule is [B]CC(C)(C)C1OCC2(CO1)COC(C(C)(C)C(C)(C)C)OC2. The van der Waals surface area contributed by atoms with Crippen molar-refractivity contribution < 1.29 is 18.9 Å². The van der Waals surface area contributed by atoms with Gasteiger partial charge in [-0.1, -0.05) is 54.8 Å². The Balaban J connectivity index is 1.93. The van der Waals surface area contributed by atoms with Crippen LogP contribution in [0.4, 0.5) is 0 Å². The average molecular weight is 324 g/mol. The van der Waals surface area contributed by atoms with E-state index in [1.807, 2.05) is 0 Å². The molecule has 0 bridgehead atoms. The summed E-state index contributed by atoms with van der Waals surface area (Å²) in [6, 6.07) is 0. The second-order valence-corrected chi connectivity index (χ2v) is 9.57. The predicted molar refractivity (Wildman–Crippen MR) is 91.4 cm³/mol. The van der Waals surface area contributed by atoms with Crippen LogP contribution in [0.15, 0.2) is 0 Å². The van der Waals surface area contributed by atoms with Crippen molar-refractivity contribution in [3.63, 3.8) is 0 Å². The van der Waals surface area contributed by atoms with Gasteiger partial charge in [0.25, 0.3) is 0 Å². The third-order valence-corrected chi connectivity index (χ3v) is 5.85. The monoisotopic (exact) mass is 324 g/mol. The Morgan fingerprint density at radius 3 is 1.52 bits per heavy atom. The zero-order valence-electron chi connectivity index (χ0n) is 15.9. The molecule has 1 spiro atoms. The van der Waals surface area contributed by atoms with Gasteiger partial charge >= 0.3 is 0 Å². The fraction of sp³-hybridized carbons (Fsp3) is 1.00. The molecule has 0 aromatic heterocycles. The van der Waals surface area contributed by atoms with Gasteiger partial charge in [-0.2, -0.15) is 0 Å². The minimum Gasteiger partial charge on any atom is -0.351 e. The standard InChI is InChI=1S/C18H33BO4/c1-15(2,3)17(6,7)14-22-11-18(12-23-14)9-20-13(21-10-18)16(4,5)8-19/h13-14H,8-12H2,1-7H3.